The molecule has 29 heavy (non-hydrogen) atoms. The molecule has 1 unspecified atom stereocenters. The van der Waals surface area contributed by atoms with Crippen molar-refractivity contribution in [2.45, 2.75) is 31.8 Å². The summed E-state index contributed by atoms with van der Waals surface area (Å²) < 4.78 is 13.6. The van der Waals surface area contributed by atoms with Gasteiger partial charge in [0.15, 0.2) is 0 Å². The smallest absolute Gasteiger partial charge is 0.272 e. The number of amides is 2. The van der Waals surface area contributed by atoms with E-state index in [4.69, 9.17) is 0 Å². The highest BCUT2D eigenvalue weighted by molar-refractivity contribution is 5.94. The van der Waals surface area contributed by atoms with Crippen LogP contribution in [0.5, 0.6) is 0 Å². The summed E-state index contributed by atoms with van der Waals surface area (Å²) in [5.41, 5.74) is 1.70. The van der Waals surface area contributed by atoms with Gasteiger partial charge in [-0.1, -0.05) is 18.2 Å². The van der Waals surface area contributed by atoms with E-state index in [0.717, 1.165) is 11.1 Å². The van der Waals surface area contributed by atoms with E-state index in [2.05, 4.69) is 15.2 Å². The van der Waals surface area contributed by atoms with Crippen LogP contribution in [0.15, 0.2) is 42.6 Å². The van der Waals surface area contributed by atoms with Gasteiger partial charge >= 0.3 is 0 Å². The average Bonchev–Trinajstić information content (AvgIpc) is 3.02. The molecule has 2 aromatic rings. The first-order chi connectivity index (χ1) is 13.9. The van der Waals surface area contributed by atoms with Crippen molar-refractivity contribution in [3.8, 4) is 0 Å². The molecule has 6 nitrogen and oxygen atoms in total. The summed E-state index contributed by atoms with van der Waals surface area (Å²) >= 11 is 0. The minimum atomic E-state index is -0.487. The van der Waals surface area contributed by atoms with Gasteiger partial charge in [-0.05, 0) is 42.7 Å². The van der Waals surface area contributed by atoms with Crippen LogP contribution in [0.4, 0.5) is 4.39 Å². The number of nitrogens with zero attached hydrogens (tertiary/aromatic N) is 3. The molecule has 1 aromatic carbocycles. The van der Waals surface area contributed by atoms with E-state index >= 15 is 0 Å². The van der Waals surface area contributed by atoms with Crippen LogP contribution in [0, 0.1) is 12.7 Å². The van der Waals surface area contributed by atoms with Crippen LogP contribution in [0.2, 0.25) is 0 Å². The monoisotopic (exact) mass is 396 g/mol. The number of aryl methyl sites for hydroxylation is 1. The van der Waals surface area contributed by atoms with Gasteiger partial charge in [-0.2, -0.15) is 0 Å². The second-order valence-electron chi connectivity index (χ2n) is 8.06. The van der Waals surface area contributed by atoms with Gasteiger partial charge in [0.2, 0.25) is 5.91 Å². The zero-order valence-electron chi connectivity index (χ0n) is 16.5. The highest BCUT2D eigenvalue weighted by atomic mass is 19.1. The van der Waals surface area contributed by atoms with Crippen molar-refractivity contribution in [2.75, 3.05) is 26.2 Å². The molecule has 0 saturated carbocycles. The second kappa shape index (κ2) is 7.91. The Balaban J connectivity index is 1.50. The molecule has 1 atom stereocenters. The Labute approximate surface area is 169 Å². The summed E-state index contributed by atoms with van der Waals surface area (Å²) in [5.74, 6) is -0.366. The van der Waals surface area contributed by atoms with Crippen LogP contribution in [0.25, 0.3) is 0 Å². The topological polar surface area (TPSA) is 65.5 Å². The van der Waals surface area contributed by atoms with Crippen molar-refractivity contribution >= 4 is 11.8 Å². The van der Waals surface area contributed by atoms with E-state index in [9.17, 15) is 14.0 Å². The lowest BCUT2D eigenvalue weighted by atomic mass is 9.97. The first kappa shape index (κ1) is 19.5. The first-order valence-corrected chi connectivity index (χ1v) is 9.93. The maximum Gasteiger partial charge on any atom is 0.272 e. The van der Waals surface area contributed by atoms with Gasteiger partial charge in [-0.15, -0.1) is 0 Å². The fraction of sp³-hybridized carbons (Fsp3) is 0.409. The third-order valence-electron chi connectivity index (χ3n) is 5.73. The molecule has 2 aliphatic rings. The molecular formula is C22H25FN4O2. The highest BCUT2D eigenvalue weighted by Crippen LogP contribution is 2.27. The van der Waals surface area contributed by atoms with Crippen molar-refractivity contribution in [1.29, 1.82) is 0 Å². The molecule has 4 rings (SSSR count). The van der Waals surface area contributed by atoms with Gasteiger partial charge in [0.25, 0.3) is 5.91 Å². The lowest BCUT2D eigenvalue weighted by Crippen LogP contribution is -2.55. The molecule has 3 heterocycles. The molecule has 0 radical (unpaired) electrons. The average molecular weight is 396 g/mol. The fourth-order valence-corrected chi connectivity index (χ4v) is 4.33. The molecular weight excluding hydrogens is 371 g/mol. The Morgan fingerprint density at radius 1 is 1.24 bits per heavy atom. The van der Waals surface area contributed by atoms with Crippen molar-refractivity contribution < 1.29 is 14.0 Å². The van der Waals surface area contributed by atoms with Crippen molar-refractivity contribution in [1.82, 2.24) is 20.1 Å². The molecule has 1 N–H and O–H groups in total. The number of hydrogen-bond donors (Lipinski definition) is 1. The summed E-state index contributed by atoms with van der Waals surface area (Å²) in [6, 6.07) is 10.2. The number of hydrogen-bond acceptors (Lipinski definition) is 4. The molecule has 1 spiro atoms. The number of benzene rings is 1. The maximum absolute atomic E-state index is 13.6. The van der Waals surface area contributed by atoms with Crippen LogP contribution in [-0.2, 0) is 11.3 Å². The van der Waals surface area contributed by atoms with Gasteiger partial charge in [-0.25, -0.2) is 4.39 Å². The van der Waals surface area contributed by atoms with Gasteiger partial charge in [0.1, 0.15) is 11.5 Å². The Morgan fingerprint density at radius 3 is 2.90 bits per heavy atom. The van der Waals surface area contributed by atoms with Crippen molar-refractivity contribution in [3.63, 3.8) is 0 Å². The molecule has 152 valence electrons. The van der Waals surface area contributed by atoms with Gasteiger partial charge in [0, 0.05) is 45.3 Å². The Bertz CT molecular complexity index is 935. The lowest BCUT2D eigenvalue weighted by molar-refractivity contribution is -0.122. The second-order valence-corrected chi connectivity index (χ2v) is 8.06. The van der Waals surface area contributed by atoms with E-state index in [0.29, 0.717) is 51.3 Å². The largest absolute Gasteiger partial charge is 0.347 e. The number of nitrogens with one attached hydrogen (secondary N) is 1. The first-order valence-electron chi connectivity index (χ1n) is 9.93. The SMILES string of the molecule is Cc1cccnc1C(=O)N1CCC2(CN(Cc3cccc(F)c3)CCC(=O)N2)C1. The standard InChI is InChI=1S/C22H25FN4O2/c1-16-4-3-9-24-20(16)21(29)27-11-8-22(15-27)14-26(10-7-19(28)25-22)13-17-5-2-6-18(23)12-17/h2-6,9,12H,7-8,10-11,13-15H2,1H3,(H,25,28). The Morgan fingerprint density at radius 2 is 2.10 bits per heavy atom. The Kier molecular flexibility index (Phi) is 5.32. The molecule has 2 fully saturated rings. The van der Waals surface area contributed by atoms with E-state index < -0.39 is 5.54 Å². The minimum Gasteiger partial charge on any atom is -0.347 e. The number of pyridine rings is 1. The molecule has 2 aliphatic heterocycles. The van der Waals surface area contributed by atoms with E-state index in [1.165, 1.54) is 12.1 Å². The van der Waals surface area contributed by atoms with Crippen LogP contribution in [-0.4, -0.2) is 58.3 Å². The normalized spacial score (nSPS) is 22.6. The number of carbonyl (C=O) groups is 2. The molecule has 2 amide bonds. The number of rotatable bonds is 3. The van der Waals surface area contributed by atoms with Crippen LogP contribution >= 0.6 is 0 Å². The maximum atomic E-state index is 13.6. The minimum absolute atomic E-state index is 0.00458. The van der Waals surface area contributed by atoms with Crippen LogP contribution in [0.1, 0.15) is 34.5 Å². The van der Waals surface area contributed by atoms with E-state index in [1.807, 2.05) is 25.1 Å². The molecule has 7 heteroatoms. The summed E-state index contributed by atoms with van der Waals surface area (Å²) in [6.45, 7) is 4.70. The lowest BCUT2D eigenvalue weighted by Gasteiger charge is -2.33. The van der Waals surface area contributed by atoms with E-state index in [1.54, 1.807) is 17.2 Å². The Hall–Kier alpha value is -2.80. The van der Waals surface area contributed by atoms with Crippen molar-refractivity contribution in [2.24, 2.45) is 0 Å². The predicted octanol–water partition coefficient (Wildman–Crippen LogP) is 2.14. The van der Waals surface area contributed by atoms with E-state index in [-0.39, 0.29) is 17.6 Å². The third-order valence-corrected chi connectivity index (χ3v) is 5.73. The van der Waals surface area contributed by atoms with Gasteiger partial charge in [0.05, 0.1) is 5.54 Å². The zero-order valence-corrected chi connectivity index (χ0v) is 16.5. The molecule has 1 aromatic heterocycles. The quantitative estimate of drug-likeness (QED) is 0.863. The zero-order chi connectivity index (χ0) is 20.4. The fourth-order valence-electron chi connectivity index (χ4n) is 4.33. The van der Waals surface area contributed by atoms with Crippen LogP contribution in [0.3, 0.4) is 0 Å². The number of likely N-dealkylation sites (tertiary alicyclic amines) is 1. The number of halogens is 1. The summed E-state index contributed by atoms with van der Waals surface area (Å²) in [5, 5.41) is 3.16. The molecule has 0 bridgehead atoms. The third kappa shape index (κ3) is 4.29. The summed E-state index contributed by atoms with van der Waals surface area (Å²) in [6.07, 6.45) is 2.71. The van der Waals surface area contributed by atoms with Crippen LogP contribution < -0.4 is 5.32 Å². The van der Waals surface area contributed by atoms with Gasteiger partial charge in [-0.3, -0.25) is 19.5 Å². The molecule has 0 aliphatic carbocycles. The highest BCUT2D eigenvalue weighted by Gasteiger charge is 2.44. The molecule has 2 saturated heterocycles. The summed E-state index contributed by atoms with van der Waals surface area (Å²) in [4.78, 5) is 33.5. The number of carbonyl (C=O) groups excluding carboxylic acids is 2. The van der Waals surface area contributed by atoms with Gasteiger partial charge < -0.3 is 10.2 Å². The summed E-state index contributed by atoms with van der Waals surface area (Å²) in [7, 11) is 0. The number of aromatic nitrogens is 1. The van der Waals surface area contributed by atoms with Crippen molar-refractivity contribution in [3.05, 3.63) is 65.2 Å². The predicted molar refractivity (Wildman–Crippen MR) is 107 cm³/mol.